The smallest absolute Gasteiger partial charge is 0.358 e. The number of ether oxygens (including phenoxy) is 1. The minimum Gasteiger partial charge on any atom is -0.464 e. The van der Waals surface area contributed by atoms with Gasteiger partial charge in [-0.1, -0.05) is 6.92 Å². The number of pyridine rings is 1. The Morgan fingerprint density at radius 3 is 2.48 bits per heavy atom. The zero-order chi connectivity index (χ0) is 15.5. The predicted octanol–water partition coefficient (Wildman–Crippen LogP) is 1.12. The van der Waals surface area contributed by atoms with Crippen LogP contribution in [0.4, 0.5) is 0 Å². The Hall–Kier alpha value is -2.35. The van der Waals surface area contributed by atoms with Gasteiger partial charge in [-0.25, -0.2) is 28.2 Å². The summed E-state index contributed by atoms with van der Waals surface area (Å²) in [6.45, 7) is 1.49. The highest BCUT2D eigenvalue weighted by Gasteiger charge is 2.24. The van der Waals surface area contributed by atoms with Gasteiger partial charge in [0.1, 0.15) is 10.6 Å². The third kappa shape index (κ3) is 3.05. The van der Waals surface area contributed by atoms with E-state index in [2.05, 4.69) is 19.7 Å². The van der Waals surface area contributed by atoms with Gasteiger partial charge < -0.3 is 4.74 Å². The van der Waals surface area contributed by atoms with Crippen molar-refractivity contribution in [2.75, 3.05) is 12.9 Å². The number of esters is 1. The molecule has 0 saturated carbocycles. The van der Waals surface area contributed by atoms with Crippen LogP contribution in [0.1, 0.15) is 17.4 Å². The first-order valence-corrected chi connectivity index (χ1v) is 7.74. The van der Waals surface area contributed by atoms with E-state index in [1.165, 1.54) is 31.5 Å². The molecule has 0 amide bonds. The van der Waals surface area contributed by atoms with Gasteiger partial charge in [0.15, 0.2) is 21.4 Å². The van der Waals surface area contributed by atoms with Crippen molar-refractivity contribution in [1.29, 1.82) is 0 Å². The van der Waals surface area contributed by atoms with Crippen LogP contribution in [0.15, 0.2) is 35.5 Å². The van der Waals surface area contributed by atoms with Crippen LogP contribution in [0.25, 0.3) is 11.5 Å². The first kappa shape index (κ1) is 15.0. The molecule has 0 aromatic carbocycles. The maximum absolute atomic E-state index is 12.0. The summed E-state index contributed by atoms with van der Waals surface area (Å²) in [5.74, 6) is -0.664. The Labute approximate surface area is 122 Å². The number of sulfone groups is 1. The minimum absolute atomic E-state index is 0.139. The largest absolute Gasteiger partial charge is 0.464 e. The predicted molar refractivity (Wildman–Crippen MR) is 74.3 cm³/mol. The fourth-order valence-corrected chi connectivity index (χ4v) is 2.66. The van der Waals surface area contributed by atoms with E-state index in [1.54, 1.807) is 6.07 Å². The summed E-state index contributed by atoms with van der Waals surface area (Å²) < 4.78 is 28.6. The van der Waals surface area contributed by atoms with E-state index >= 15 is 0 Å². The first-order chi connectivity index (χ1) is 9.99. The molecule has 0 bridgehead atoms. The van der Waals surface area contributed by atoms with E-state index in [1.807, 2.05) is 0 Å². The molecule has 2 aromatic rings. The van der Waals surface area contributed by atoms with Crippen LogP contribution in [0.5, 0.6) is 0 Å². The van der Waals surface area contributed by atoms with Crippen LogP contribution in [-0.2, 0) is 14.6 Å². The van der Waals surface area contributed by atoms with Crippen LogP contribution in [0, 0.1) is 0 Å². The lowest BCUT2D eigenvalue weighted by atomic mass is 10.3. The molecule has 2 heterocycles. The van der Waals surface area contributed by atoms with Gasteiger partial charge in [0.2, 0.25) is 0 Å². The number of aromatic nitrogens is 3. The Morgan fingerprint density at radius 1 is 1.24 bits per heavy atom. The average Bonchev–Trinajstić information content (AvgIpc) is 2.54. The Morgan fingerprint density at radius 2 is 1.90 bits per heavy atom. The first-order valence-electron chi connectivity index (χ1n) is 6.09. The summed E-state index contributed by atoms with van der Waals surface area (Å²) >= 11 is 0. The van der Waals surface area contributed by atoms with Crippen molar-refractivity contribution in [3.8, 4) is 11.5 Å². The lowest BCUT2D eigenvalue weighted by molar-refractivity contribution is 0.0589. The average molecular weight is 307 g/mol. The van der Waals surface area contributed by atoms with Gasteiger partial charge >= 0.3 is 5.97 Å². The molecule has 0 aliphatic rings. The molecule has 110 valence electrons. The third-order valence-electron chi connectivity index (χ3n) is 2.75. The summed E-state index contributed by atoms with van der Waals surface area (Å²) in [5.41, 5.74) is 0.0374. The SMILES string of the molecule is CCS(=O)(=O)c1ccc(-c2ncccn2)nc1C(=O)OC. The molecule has 0 unspecified atom stereocenters. The zero-order valence-electron chi connectivity index (χ0n) is 11.5. The summed E-state index contributed by atoms with van der Waals surface area (Å²) in [4.78, 5) is 23.7. The van der Waals surface area contributed by atoms with Gasteiger partial charge in [-0.2, -0.15) is 0 Å². The fourth-order valence-electron chi connectivity index (χ4n) is 1.65. The summed E-state index contributed by atoms with van der Waals surface area (Å²) in [6.07, 6.45) is 3.05. The molecule has 7 nitrogen and oxygen atoms in total. The van der Waals surface area contributed by atoms with Crippen molar-refractivity contribution in [3.05, 3.63) is 36.3 Å². The Kier molecular flexibility index (Phi) is 4.27. The van der Waals surface area contributed by atoms with E-state index in [9.17, 15) is 13.2 Å². The van der Waals surface area contributed by atoms with E-state index in [4.69, 9.17) is 0 Å². The van der Waals surface area contributed by atoms with Crippen molar-refractivity contribution < 1.29 is 17.9 Å². The molecule has 2 rings (SSSR count). The van der Waals surface area contributed by atoms with Crippen molar-refractivity contribution in [3.63, 3.8) is 0 Å². The molecule has 0 aliphatic carbocycles. The molecule has 0 aliphatic heterocycles. The monoisotopic (exact) mass is 307 g/mol. The highest BCUT2D eigenvalue weighted by molar-refractivity contribution is 7.91. The maximum Gasteiger partial charge on any atom is 0.358 e. The molecule has 0 radical (unpaired) electrons. The van der Waals surface area contributed by atoms with E-state index in [-0.39, 0.29) is 16.3 Å². The van der Waals surface area contributed by atoms with E-state index in [0.29, 0.717) is 11.5 Å². The quantitative estimate of drug-likeness (QED) is 0.780. The summed E-state index contributed by atoms with van der Waals surface area (Å²) in [7, 11) is -2.42. The van der Waals surface area contributed by atoms with Crippen LogP contribution in [0.3, 0.4) is 0 Å². The van der Waals surface area contributed by atoms with Gasteiger partial charge in [0.05, 0.1) is 12.9 Å². The highest BCUT2D eigenvalue weighted by Crippen LogP contribution is 2.20. The molecule has 0 atom stereocenters. The second-order valence-electron chi connectivity index (χ2n) is 4.01. The number of carbonyl (C=O) groups is 1. The second kappa shape index (κ2) is 5.96. The standard InChI is InChI=1S/C13H13N3O4S/c1-3-21(18,19)10-6-5-9(12-14-7-4-8-15-12)16-11(10)13(17)20-2/h4-8H,3H2,1-2H3. The molecule has 21 heavy (non-hydrogen) atoms. The van der Waals surface area contributed by atoms with Gasteiger partial charge in [-0.15, -0.1) is 0 Å². The molecular formula is C13H13N3O4S. The number of hydrogen-bond donors (Lipinski definition) is 0. The number of hydrogen-bond acceptors (Lipinski definition) is 7. The molecule has 0 saturated heterocycles. The van der Waals surface area contributed by atoms with Crippen molar-refractivity contribution in [1.82, 2.24) is 15.0 Å². The Bertz CT molecular complexity index is 760. The molecule has 0 spiro atoms. The van der Waals surface area contributed by atoms with Gasteiger partial charge in [-0.3, -0.25) is 0 Å². The molecule has 0 N–H and O–H groups in total. The third-order valence-corrected chi connectivity index (χ3v) is 4.51. The number of nitrogens with zero attached hydrogens (tertiary/aromatic N) is 3. The minimum atomic E-state index is -3.59. The van der Waals surface area contributed by atoms with Crippen LogP contribution in [-0.4, -0.2) is 42.2 Å². The van der Waals surface area contributed by atoms with Crippen molar-refractivity contribution in [2.45, 2.75) is 11.8 Å². The summed E-state index contributed by atoms with van der Waals surface area (Å²) in [5, 5.41) is 0. The van der Waals surface area contributed by atoms with Gasteiger partial charge in [-0.05, 0) is 18.2 Å². The number of methoxy groups -OCH3 is 1. The molecule has 2 aromatic heterocycles. The van der Waals surface area contributed by atoms with Crippen molar-refractivity contribution in [2.24, 2.45) is 0 Å². The van der Waals surface area contributed by atoms with Crippen molar-refractivity contribution >= 4 is 15.8 Å². The van der Waals surface area contributed by atoms with E-state index in [0.717, 1.165) is 7.11 Å². The van der Waals surface area contributed by atoms with Crippen LogP contribution < -0.4 is 0 Å². The Balaban J connectivity index is 2.64. The molecule has 8 heteroatoms. The van der Waals surface area contributed by atoms with Crippen LogP contribution >= 0.6 is 0 Å². The molecular weight excluding hydrogens is 294 g/mol. The lowest BCUT2D eigenvalue weighted by Crippen LogP contribution is -2.15. The molecule has 0 fully saturated rings. The normalized spacial score (nSPS) is 11.1. The lowest BCUT2D eigenvalue weighted by Gasteiger charge is -2.08. The van der Waals surface area contributed by atoms with E-state index < -0.39 is 15.8 Å². The topological polar surface area (TPSA) is 99.1 Å². The van der Waals surface area contributed by atoms with Gasteiger partial charge in [0, 0.05) is 12.4 Å². The zero-order valence-corrected chi connectivity index (χ0v) is 12.3. The summed E-state index contributed by atoms with van der Waals surface area (Å²) in [6, 6.07) is 4.43. The maximum atomic E-state index is 12.0. The number of rotatable bonds is 4. The second-order valence-corrected chi connectivity index (χ2v) is 6.26. The highest BCUT2D eigenvalue weighted by atomic mass is 32.2. The fraction of sp³-hybridized carbons (Fsp3) is 0.231. The number of carbonyl (C=O) groups excluding carboxylic acids is 1. The van der Waals surface area contributed by atoms with Crippen LogP contribution in [0.2, 0.25) is 0 Å². The van der Waals surface area contributed by atoms with Gasteiger partial charge in [0.25, 0.3) is 0 Å².